The lowest BCUT2D eigenvalue weighted by Crippen LogP contribution is -1.85. The maximum absolute atomic E-state index is 6.36. The summed E-state index contributed by atoms with van der Waals surface area (Å²) in [4.78, 5) is 7.01. The summed E-state index contributed by atoms with van der Waals surface area (Å²) in [5.41, 5.74) is 1.78. The molecule has 0 fully saturated rings. The first kappa shape index (κ1) is 12.4. The molecule has 3 heteroatoms. The van der Waals surface area contributed by atoms with E-state index in [0.717, 1.165) is 21.5 Å². The number of rotatable bonds is 2. The lowest BCUT2D eigenvalue weighted by Gasteiger charge is -2.01. The SMILES string of the molecule is Cc1ccc(/C=C(\Cl)c2ccc3ccccc3n2)s1. The molecule has 0 amide bonds. The van der Waals surface area contributed by atoms with Crippen molar-refractivity contribution in [1.29, 1.82) is 0 Å². The highest BCUT2D eigenvalue weighted by Crippen LogP contribution is 2.26. The van der Waals surface area contributed by atoms with Crippen molar-refractivity contribution in [1.82, 2.24) is 4.98 Å². The normalized spacial score (nSPS) is 12.0. The van der Waals surface area contributed by atoms with Crippen LogP contribution >= 0.6 is 22.9 Å². The largest absolute Gasteiger partial charge is 0.247 e. The maximum Gasteiger partial charge on any atom is 0.0824 e. The monoisotopic (exact) mass is 285 g/mol. The number of para-hydroxylation sites is 1. The highest BCUT2D eigenvalue weighted by Gasteiger charge is 2.03. The minimum atomic E-state index is 0.674. The molecule has 0 saturated carbocycles. The topological polar surface area (TPSA) is 12.9 Å². The Morgan fingerprint density at radius 3 is 2.74 bits per heavy atom. The summed E-state index contributed by atoms with van der Waals surface area (Å²) in [6.45, 7) is 2.09. The van der Waals surface area contributed by atoms with Gasteiger partial charge in [0.2, 0.25) is 0 Å². The Morgan fingerprint density at radius 2 is 1.95 bits per heavy atom. The first-order chi connectivity index (χ1) is 9.22. The van der Waals surface area contributed by atoms with Crippen molar-refractivity contribution in [2.24, 2.45) is 0 Å². The molecule has 0 radical (unpaired) electrons. The van der Waals surface area contributed by atoms with E-state index in [2.05, 4.69) is 24.0 Å². The first-order valence-electron chi connectivity index (χ1n) is 6.02. The van der Waals surface area contributed by atoms with Crippen LogP contribution in [0.3, 0.4) is 0 Å². The molecular weight excluding hydrogens is 274 g/mol. The van der Waals surface area contributed by atoms with Crippen LogP contribution in [0.15, 0.2) is 48.5 Å². The lowest BCUT2D eigenvalue weighted by atomic mass is 10.2. The second-order valence-corrected chi connectivity index (χ2v) is 6.06. The zero-order chi connectivity index (χ0) is 13.2. The molecule has 3 aromatic rings. The van der Waals surface area contributed by atoms with Gasteiger partial charge < -0.3 is 0 Å². The summed E-state index contributed by atoms with van der Waals surface area (Å²) in [5, 5.41) is 1.80. The molecular formula is C16H12ClNS. The van der Waals surface area contributed by atoms with Gasteiger partial charge in [-0.3, -0.25) is 0 Å². The second-order valence-electron chi connectivity index (χ2n) is 4.33. The zero-order valence-corrected chi connectivity index (χ0v) is 12.0. The van der Waals surface area contributed by atoms with Crippen molar-refractivity contribution in [2.75, 3.05) is 0 Å². The Balaban J connectivity index is 2.01. The zero-order valence-electron chi connectivity index (χ0n) is 10.4. The minimum Gasteiger partial charge on any atom is -0.247 e. The summed E-state index contributed by atoms with van der Waals surface area (Å²) >= 11 is 8.08. The van der Waals surface area contributed by atoms with Crippen LogP contribution in [-0.4, -0.2) is 4.98 Å². The van der Waals surface area contributed by atoms with Crippen molar-refractivity contribution in [2.45, 2.75) is 6.92 Å². The van der Waals surface area contributed by atoms with Crippen LogP contribution in [-0.2, 0) is 0 Å². The molecule has 0 aliphatic rings. The van der Waals surface area contributed by atoms with Gasteiger partial charge in [-0.25, -0.2) is 4.98 Å². The third kappa shape index (κ3) is 2.70. The number of pyridine rings is 1. The fourth-order valence-corrected chi connectivity index (χ4v) is 3.04. The molecule has 19 heavy (non-hydrogen) atoms. The number of halogens is 1. The molecule has 0 N–H and O–H groups in total. The summed E-state index contributed by atoms with van der Waals surface area (Å²) < 4.78 is 0. The molecule has 2 aromatic heterocycles. The van der Waals surface area contributed by atoms with E-state index in [1.54, 1.807) is 11.3 Å². The van der Waals surface area contributed by atoms with Gasteiger partial charge in [0.1, 0.15) is 0 Å². The van der Waals surface area contributed by atoms with Crippen LogP contribution in [0.1, 0.15) is 15.4 Å². The Morgan fingerprint density at radius 1 is 1.11 bits per heavy atom. The van der Waals surface area contributed by atoms with Gasteiger partial charge in [0.25, 0.3) is 0 Å². The second kappa shape index (κ2) is 5.16. The van der Waals surface area contributed by atoms with Crippen LogP contribution in [0.2, 0.25) is 0 Å². The predicted octanol–water partition coefficient (Wildman–Crippen LogP) is 5.34. The van der Waals surface area contributed by atoms with Gasteiger partial charge in [0.05, 0.1) is 16.2 Å². The van der Waals surface area contributed by atoms with Gasteiger partial charge in [-0.15, -0.1) is 11.3 Å². The van der Waals surface area contributed by atoms with E-state index < -0.39 is 0 Å². The van der Waals surface area contributed by atoms with Gasteiger partial charge in [0, 0.05) is 15.1 Å². The fourth-order valence-electron chi connectivity index (χ4n) is 1.93. The molecule has 0 saturated heterocycles. The Bertz CT molecular complexity index is 758. The van der Waals surface area contributed by atoms with Crippen LogP contribution < -0.4 is 0 Å². The minimum absolute atomic E-state index is 0.674. The molecule has 1 aromatic carbocycles. The average molecular weight is 286 g/mol. The molecule has 0 aliphatic heterocycles. The van der Waals surface area contributed by atoms with Gasteiger partial charge in [0.15, 0.2) is 0 Å². The standard InChI is InChI=1S/C16H12ClNS/c1-11-6-8-13(19-11)10-14(17)16-9-7-12-4-2-3-5-15(12)18-16/h2-10H,1H3/b14-10-. The van der Waals surface area contributed by atoms with Gasteiger partial charge in [-0.1, -0.05) is 35.9 Å². The van der Waals surface area contributed by atoms with Gasteiger partial charge in [-0.2, -0.15) is 0 Å². The van der Waals surface area contributed by atoms with E-state index in [-0.39, 0.29) is 0 Å². The van der Waals surface area contributed by atoms with E-state index in [1.807, 2.05) is 42.5 Å². The highest BCUT2D eigenvalue weighted by atomic mass is 35.5. The molecule has 3 rings (SSSR count). The predicted molar refractivity (Wildman–Crippen MR) is 84.5 cm³/mol. The van der Waals surface area contributed by atoms with Crippen molar-refractivity contribution < 1.29 is 0 Å². The van der Waals surface area contributed by atoms with Gasteiger partial charge in [-0.05, 0) is 37.3 Å². The van der Waals surface area contributed by atoms with Crippen LogP contribution in [0, 0.1) is 6.92 Å². The number of aromatic nitrogens is 1. The molecule has 0 atom stereocenters. The van der Waals surface area contributed by atoms with E-state index in [0.29, 0.717) is 5.03 Å². The molecule has 0 spiro atoms. The molecule has 1 nitrogen and oxygen atoms in total. The summed E-state index contributed by atoms with van der Waals surface area (Å²) in [7, 11) is 0. The maximum atomic E-state index is 6.36. The summed E-state index contributed by atoms with van der Waals surface area (Å²) in [6, 6.07) is 16.2. The van der Waals surface area contributed by atoms with Crippen LogP contribution in [0.4, 0.5) is 0 Å². The third-order valence-corrected chi connectivity index (χ3v) is 4.12. The number of fused-ring (bicyclic) bond motifs is 1. The van der Waals surface area contributed by atoms with Crippen molar-refractivity contribution in [3.63, 3.8) is 0 Å². The van der Waals surface area contributed by atoms with E-state index in [9.17, 15) is 0 Å². The molecule has 2 heterocycles. The Labute approximate surface area is 121 Å². The number of nitrogens with zero attached hydrogens (tertiary/aromatic N) is 1. The first-order valence-corrected chi connectivity index (χ1v) is 7.21. The third-order valence-electron chi connectivity index (χ3n) is 2.87. The van der Waals surface area contributed by atoms with E-state index in [1.165, 1.54) is 4.88 Å². The lowest BCUT2D eigenvalue weighted by molar-refractivity contribution is 1.37. The quantitative estimate of drug-likeness (QED) is 0.619. The van der Waals surface area contributed by atoms with Crippen molar-refractivity contribution in [3.05, 3.63) is 64.0 Å². The molecule has 94 valence electrons. The Hall–Kier alpha value is -1.64. The Kier molecular flexibility index (Phi) is 3.36. The number of benzene rings is 1. The summed E-state index contributed by atoms with van der Waals surface area (Å²) in [6.07, 6.45) is 1.97. The highest BCUT2D eigenvalue weighted by molar-refractivity contribution is 7.12. The van der Waals surface area contributed by atoms with Crippen LogP contribution in [0.5, 0.6) is 0 Å². The number of thiophene rings is 1. The molecule has 0 bridgehead atoms. The summed E-state index contributed by atoms with van der Waals surface area (Å²) in [5.74, 6) is 0. The average Bonchev–Trinajstić information content (AvgIpc) is 2.83. The molecule has 0 aliphatic carbocycles. The number of hydrogen-bond donors (Lipinski definition) is 0. The van der Waals surface area contributed by atoms with E-state index >= 15 is 0 Å². The van der Waals surface area contributed by atoms with Gasteiger partial charge >= 0.3 is 0 Å². The number of aryl methyl sites for hydroxylation is 1. The van der Waals surface area contributed by atoms with Crippen molar-refractivity contribution in [3.8, 4) is 0 Å². The van der Waals surface area contributed by atoms with E-state index in [4.69, 9.17) is 11.6 Å². The molecule has 0 unspecified atom stereocenters. The van der Waals surface area contributed by atoms with Crippen LogP contribution in [0.25, 0.3) is 22.0 Å². The smallest absolute Gasteiger partial charge is 0.0824 e. The van der Waals surface area contributed by atoms with Crippen molar-refractivity contribution >= 4 is 44.9 Å². The number of hydrogen-bond acceptors (Lipinski definition) is 2. The fraction of sp³-hybridized carbons (Fsp3) is 0.0625.